The first kappa shape index (κ1) is 20.7. The van der Waals surface area contributed by atoms with Crippen LogP contribution in [0.3, 0.4) is 0 Å². The van der Waals surface area contributed by atoms with Crippen LogP contribution in [-0.2, 0) is 16.0 Å². The van der Waals surface area contributed by atoms with Gasteiger partial charge in [0.25, 0.3) is 0 Å². The third-order valence-corrected chi connectivity index (χ3v) is 4.69. The lowest BCUT2D eigenvalue weighted by Gasteiger charge is -2.22. The van der Waals surface area contributed by atoms with Gasteiger partial charge in [-0.05, 0) is 51.8 Å². The summed E-state index contributed by atoms with van der Waals surface area (Å²) in [4.78, 5) is 25.9. The van der Waals surface area contributed by atoms with E-state index >= 15 is 0 Å². The molecule has 1 saturated heterocycles. The number of halogens is 1. The molecule has 1 amide bonds. The first-order chi connectivity index (χ1) is 12.2. The molecule has 1 fully saturated rings. The van der Waals surface area contributed by atoms with Gasteiger partial charge in [-0.15, -0.1) is 0 Å². The van der Waals surface area contributed by atoms with E-state index in [1.807, 2.05) is 26.8 Å². The Kier molecular flexibility index (Phi) is 7.06. The Labute approximate surface area is 163 Å². The largest absolute Gasteiger partial charge is 0.462 e. The minimum Gasteiger partial charge on any atom is -0.462 e. The first-order valence-corrected chi connectivity index (χ1v) is 9.64. The molecule has 0 unspecified atom stereocenters. The van der Waals surface area contributed by atoms with Crippen molar-refractivity contribution < 1.29 is 19.1 Å². The number of likely N-dealkylation sites (tertiary alicyclic amines) is 1. The number of nitrogens with zero attached hydrogens (tertiary/aromatic N) is 1. The summed E-state index contributed by atoms with van der Waals surface area (Å²) in [6.45, 7) is 10.1. The molecule has 0 spiro atoms. The molecule has 0 aromatic heterocycles. The van der Waals surface area contributed by atoms with Crippen molar-refractivity contribution in [1.82, 2.24) is 10.2 Å². The minimum absolute atomic E-state index is 0.0856. The zero-order valence-corrected chi connectivity index (χ0v) is 17.4. The van der Waals surface area contributed by atoms with Gasteiger partial charge in [0.05, 0.1) is 12.2 Å². The standard InChI is InChI=1S/C19H27BrN2O4/c1-5-25-17(23)13-6-7-14(16(20)10-13)11-22-9-8-15(12-22)21-18(24)26-19(2,3)4/h6-7,10,15H,5,8-9,11-12H2,1-4H3,(H,21,24)/t15-/m1/s1. The Morgan fingerprint density at radius 3 is 2.69 bits per heavy atom. The molecule has 0 radical (unpaired) electrons. The average molecular weight is 427 g/mol. The van der Waals surface area contributed by atoms with Gasteiger partial charge in [0.15, 0.2) is 0 Å². The molecular formula is C19H27BrN2O4. The van der Waals surface area contributed by atoms with Crippen molar-refractivity contribution in [3.05, 3.63) is 33.8 Å². The maximum absolute atomic E-state index is 11.9. The van der Waals surface area contributed by atoms with E-state index in [1.165, 1.54) is 0 Å². The second-order valence-corrected chi connectivity index (χ2v) is 8.25. The van der Waals surface area contributed by atoms with Crippen LogP contribution in [0.1, 0.15) is 50.0 Å². The van der Waals surface area contributed by atoms with E-state index in [1.54, 1.807) is 19.1 Å². The van der Waals surface area contributed by atoms with Gasteiger partial charge in [0.1, 0.15) is 5.60 Å². The zero-order valence-electron chi connectivity index (χ0n) is 15.8. The van der Waals surface area contributed by atoms with Gasteiger partial charge in [0, 0.05) is 30.1 Å². The van der Waals surface area contributed by atoms with Gasteiger partial charge in [-0.25, -0.2) is 9.59 Å². The summed E-state index contributed by atoms with van der Waals surface area (Å²) in [6.07, 6.45) is 0.516. The number of carbonyl (C=O) groups excluding carboxylic acids is 2. The Hall–Kier alpha value is -1.60. The van der Waals surface area contributed by atoms with Crippen LogP contribution < -0.4 is 5.32 Å². The normalized spacial score (nSPS) is 17.8. The van der Waals surface area contributed by atoms with Crippen molar-refractivity contribution in [1.29, 1.82) is 0 Å². The molecule has 1 aromatic carbocycles. The van der Waals surface area contributed by atoms with Crippen molar-refractivity contribution in [3.8, 4) is 0 Å². The number of alkyl carbamates (subject to hydrolysis) is 1. The molecule has 7 heteroatoms. The number of esters is 1. The number of carbonyl (C=O) groups is 2. The molecule has 26 heavy (non-hydrogen) atoms. The van der Waals surface area contributed by atoms with Gasteiger partial charge < -0.3 is 14.8 Å². The predicted octanol–water partition coefficient (Wildman–Crippen LogP) is 3.72. The SMILES string of the molecule is CCOC(=O)c1ccc(CN2CC[C@@H](NC(=O)OC(C)(C)C)C2)c(Br)c1. The van der Waals surface area contributed by atoms with Gasteiger partial charge in [-0.2, -0.15) is 0 Å². The molecule has 0 saturated carbocycles. The van der Waals surface area contributed by atoms with E-state index in [4.69, 9.17) is 9.47 Å². The van der Waals surface area contributed by atoms with Crippen molar-refractivity contribution in [3.63, 3.8) is 0 Å². The highest BCUT2D eigenvalue weighted by molar-refractivity contribution is 9.10. The quantitative estimate of drug-likeness (QED) is 0.726. The summed E-state index contributed by atoms with van der Waals surface area (Å²) in [7, 11) is 0. The molecule has 1 N–H and O–H groups in total. The molecule has 1 aliphatic heterocycles. The topological polar surface area (TPSA) is 67.9 Å². The molecular weight excluding hydrogens is 400 g/mol. The van der Waals surface area contributed by atoms with Gasteiger partial charge in [0.2, 0.25) is 0 Å². The highest BCUT2D eigenvalue weighted by atomic mass is 79.9. The third-order valence-electron chi connectivity index (χ3n) is 3.95. The fourth-order valence-electron chi connectivity index (χ4n) is 2.83. The summed E-state index contributed by atoms with van der Waals surface area (Å²) in [5.74, 6) is -0.317. The van der Waals surface area contributed by atoms with E-state index in [0.717, 1.165) is 36.1 Å². The maximum Gasteiger partial charge on any atom is 0.407 e. The van der Waals surface area contributed by atoms with Crippen LogP contribution in [0, 0.1) is 0 Å². The Morgan fingerprint density at radius 2 is 2.08 bits per heavy atom. The molecule has 144 valence electrons. The average Bonchev–Trinajstić information content (AvgIpc) is 2.94. The summed E-state index contributed by atoms with van der Waals surface area (Å²) in [6, 6.07) is 5.59. The first-order valence-electron chi connectivity index (χ1n) is 8.85. The summed E-state index contributed by atoms with van der Waals surface area (Å²) in [5, 5.41) is 2.93. The van der Waals surface area contributed by atoms with Crippen LogP contribution in [0.5, 0.6) is 0 Å². The number of hydrogen-bond donors (Lipinski definition) is 1. The Bertz CT molecular complexity index is 657. The van der Waals surface area contributed by atoms with E-state index < -0.39 is 5.60 Å². The van der Waals surface area contributed by atoms with Crippen LogP contribution >= 0.6 is 15.9 Å². The second-order valence-electron chi connectivity index (χ2n) is 7.39. The molecule has 0 bridgehead atoms. The van der Waals surface area contributed by atoms with Crippen molar-refractivity contribution in [2.24, 2.45) is 0 Å². The molecule has 0 aliphatic carbocycles. The van der Waals surface area contributed by atoms with Crippen LogP contribution in [0.4, 0.5) is 4.79 Å². The van der Waals surface area contributed by atoms with Crippen molar-refractivity contribution >= 4 is 28.0 Å². The van der Waals surface area contributed by atoms with Crippen LogP contribution in [-0.4, -0.2) is 48.3 Å². The number of benzene rings is 1. The van der Waals surface area contributed by atoms with E-state index in [0.29, 0.717) is 12.2 Å². The fraction of sp³-hybridized carbons (Fsp3) is 0.579. The van der Waals surface area contributed by atoms with Gasteiger partial charge >= 0.3 is 12.1 Å². The van der Waals surface area contributed by atoms with E-state index in [2.05, 4.69) is 26.1 Å². The summed E-state index contributed by atoms with van der Waals surface area (Å²) < 4.78 is 11.2. The lowest BCUT2D eigenvalue weighted by Crippen LogP contribution is -2.40. The van der Waals surface area contributed by atoms with Crippen LogP contribution in [0.25, 0.3) is 0 Å². The fourth-order valence-corrected chi connectivity index (χ4v) is 3.33. The molecule has 1 heterocycles. The lowest BCUT2D eigenvalue weighted by molar-refractivity contribution is 0.0501. The van der Waals surface area contributed by atoms with E-state index in [9.17, 15) is 9.59 Å². The number of nitrogens with one attached hydrogen (secondary N) is 1. The zero-order chi connectivity index (χ0) is 19.3. The summed E-state index contributed by atoms with van der Waals surface area (Å²) >= 11 is 3.54. The van der Waals surface area contributed by atoms with Crippen LogP contribution in [0.2, 0.25) is 0 Å². The molecule has 1 aromatic rings. The molecule has 1 aliphatic rings. The Morgan fingerprint density at radius 1 is 1.35 bits per heavy atom. The maximum atomic E-state index is 11.9. The Balaban J connectivity index is 1.88. The smallest absolute Gasteiger partial charge is 0.407 e. The highest BCUT2D eigenvalue weighted by Crippen LogP contribution is 2.23. The third kappa shape index (κ3) is 6.29. The molecule has 1 atom stereocenters. The summed E-state index contributed by atoms with van der Waals surface area (Å²) in [5.41, 5.74) is 1.14. The highest BCUT2D eigenvalue weighted by Gasteiger charge is 2.26. The van der Waals surface area contributed by atoms with Gasteiger partial charge in [-0.3, -0.25) is 4.90 Å². The second kappa shape index (κ2) is 8.86. The molecule has 6 nitrogen and oxygen atoms in total. The van der Waals surface area contributed by atoms with Crippen LogP contribution in [0.15, 0.2) is 22.7 Å². The molecule has 2 rings (SSSR count). The van der Waals surface area contributed by atoms with Crippen molar-refractivity contribution in [2.45, 2.75) is 52.3 Å². The number of amides is 1. The number of rotatable bonds is 5. The van der Waals surface area contributed by atoms with E-state index in [-0.39, 0.29) is 18.1 Å². The van der Waals surface area contributed by atoms with Gasteiger partial charge in [-0.1, -0.05) is 22.0 Å². The minimum atomic E-state index is -0.492. The monoisotopic (exact) mass is 426 g/mol. The lowest BCUT2D eigenvalue weighted by atomic mass is 10.1. The number of hydrogen-bond acceptors (Lipinski definition) is 5. The predicted molar refractivity (Wildman–Crippen MR) is 103 cm³/mol. The number of ether oxygens (including phenoxy) is 2. The van der Waals surface area contributed by atoms with Crippen molar-refractivity contribution in [2.75, 3.05) is 19.7 Å².